The molecule has 0 radical (unpaired) electrons. The minimum atomic E-state index is -0.848. The van der Waals surface area contributed by atoms with Crippen LogP contribution in [0.5, 0.6) is 0 Å². The number of carbonyl (C=O) groups is 3. The standard InChI is InChI=1S/C28H35N3O5/c1-28(2,3)36-26(33)29-16-17-30(27(34)35-20-22-12-8-5-9-13-22)24(19-29)25(32)31(23-14-15-23)18-21-10-6-4-7-11-21/h4-13,23-24H,14-20H2,1-3H3. The minimum Gasteiger partial charge on any atom is -0.445 e. The van der Waals surface area contributed by atoms with E-state index >= 15 is 0 Å². The molecular weight excluding hydrogens is 458 g/mol. The molecule has 2 aromatic carbocycles. The Bertz CT molecular complexity index is 1050. The van der Waals surface area contributed by atoms with Gasteiger partial charge in [-0.2, -0.15) is 0 Å². The number of piperazine rings is 1. The molecule has 36 heavy (non-hydrogen) atoms. The summed E-state index contributed by atoms with van der Waals surface area (Å²) in [5, 5.41) is 0. The maximum absolute atomic E-state index is 13.9. The van der Waals surface area contributed by atoms with E-state index in [1.54, 1.807) is 20.8 Å². The Kier molecular flexibility index (Phi) is 7.82. The molecule has 1 atom stereocenters. The van der Waals surface area contributed by atoms with Gasteiger partial charge < -0.3 is 19.3 Å². The van der Waals surface area contributed by atoms with Gasteiger partial charge in [0.1, 0.15) is 18.2 Å². The van der Waals surface area contributed by atoms with Crippen molar-refractivity contribution >= 4 is 18.1 Å². The summed E-state index contributed by atoms with van der Waals surface area (Å²) < 4.78 is 11.1. The van der Waals surface area contributed by atoms with Gasteiger partial charge in [-0.1, -0.05) is 60.7 Å². The van der Waals surface area contributed by atoms with E-state index in [1.165, 1.54) is 9.80 Å². The van der Waals surface area contributed by atoms with Gasteiger partial charge in [0.25, 0.3) is 0 Å². The van der Waals surface area contributed by atoms with E-state index in [2.05, 4.69) is 0 Å². The molecule has 1 aliphatic carbocycles. The summed E-state index contributed by atoms with van der Waals surface area (Å²) in [6, 6.07) is 18.5. The smallest absolute Gasteiger partial charge is 0.410 e. The van der Waals surface area contributed by atoms with Crippen molar-refractivity contribution in [1.29, 1.82) is 0 Å². The van der Waals surface area contributed by atoms with Crippen LogP contribution in [0, 0.1) is 0 Å². The quantitative estimate of drug-likeness (QED) is 0.595. The molecule has 1 heterocycles. The van der Waals surface area contributed by atoms with E-state index in [0.717, 1.165) is 24.0 Å². The van der Waals surface area contributed by atoms with Crippen molar-refractivity contribution in [3.05, 3.63) is 71.8 Å². The fraction of sp³-hybridized carbons (Fsp3) is 0.464. The van der Waals surface area contributed by atoms with Crippen LogP contribution in [0.3, 0.4) is 0 Å². The summed E-state index contributed by atoms with van der Waals surface area (Å²) >= 11 is 0. The topological polar surface area (TPSA) is 79.4 Å². The number of carbonyl (C=O) groups excluding carboxylic acids is 3. The van der Waals surface area contributed by atoms with Gasteiger partial charge in [0.15, 0.2) is 0 Å². The molecule has 8 nitrogen and oxygen atoms in total. The number of benzene rings is 2. The molecule has 1 unspecified atom stereocenters. The van der Waals surface area contributed by atoms with Gasteiger partial charge in [-0.25, -0.2) is 9.59 Å². The SMILES string of the molecule is CC(C)(C)OC(=O)N1CCN(C(=O)OCc2ccccc2)C(C(=O)N(Cc2ccccc2)C2CC2)C1. The zero-order valence-corrected chi connectivity index (χ0v) is 21.3. The molecule has 3 amide bonds. The minimum absolute atomic E-state index is 0.0617. The molecule has 0 bridgehead atoms. The summed E-state index contributed by atoms with van der Waals surface area (Å²) in [4.78, 5) is 44.7. The fourth-order valence-corrected chi connectivity index (χ4v) is 4.25. The number of hydrogen-bond donors (Lipinski definition) is 0. The third kappa shape index (κ3) is 6.77. The van der Waals surface area contributed by atoms with Crippen LogP contribution in [0.2, 0.25) is 0 Å². The average Bonchev–Trinajstić information content (AvgIpc) is 3.71. The third-order valence-electron chi connectivity index (χ3n) is 6.22. The Labute approximate surface area is 212 Å². The molecule has 192 valence electrons. The van der Waals surface area contributed by atoms with Crippen molar-refractivity contribution in [2.24, 2.45) is 0 Å². The molecule has 0 spiro atoms. The molecule has 1 saturated heterocycles. The van der Waals surface area contributed by atoms with Crippen molar-refractivity contribution < 1.29 is 23.9 Å². The van der Waals surface area contributed by atoms with E-state index in [9.17, 15) is 14.4 Å². The molecule has 1 aliphatic heterocycles. The maximum Gasteiger partial charge on any atom is 0.410 e. The molecule has 2 fully saturated rings. The lowest BCUT2D eigenvalue weighted by atomic mass is 10.1. The van der Waals surface area contributed by atoms with Crippen LogP contribution in [0.15, 0.2) is 60.7 Å². The number of nitrogens with zero attached hydrogens (tertiary/aromatic N) is 3. The first-order valence-electron chi connectivity index (χ1n) is 12.5. The monoisotopic (exact) mass is 493 g/mol. The molecule has 0 aromatic heterocycles. The van der Waals surface area contributed by atoms with E-state index in [0.29, 0.717) is 6.54 Å². The summed E-state index contributed by atoms with van der Waals surface area (Å²) in [6.45, 7) is 6.50. The van der Waals surface area contributed by atoms with Crippen LogP contribution in [-0.4, -0.2) is 70.1 Å². The van der Waals surface area contributed by atoms with E-state index in [-0.39, 0.29) is 38.2 Å². The second kappa shape index (κ2) is 11.0. The highest BCUT2D eigenvalue weighted by Crippen LogP contribution is 2.30. The van der Waals surface area contributed by atoms with Crippen molar-refractivity contribution in [3.63, 3.8) is 0 Å². The fourth-order valence-electron chi connectivity index (χ4n) is 4.25. The third-order valence-corrected chi connectivity index (χ3v) is 6.22. The lowest BCUT2D eigenvalue weighted by Gasteiger charge is -2.41. The Hall–Kier alpha value is -3.55. The number of amides is 3. The number of hydrogen-bond acceptors (Lipinski definition) is 5. The first-order valence-corrected chi connectivity index (χ1v) is 12.5. The summed E-state index contributed by atoms with van der Waals surface area (Å²) in [7, 11) is 0. The zero-order chi connectivity index (χ0) is 25.7. The lowest BCUT2D eigenvalue weighted by molar-refractivity contribution is -0.139. The Morgan fingerprint density at radius 2 is 1.50 bits per heavy atom. The molecule has 8 heteroatoms. The van der Waals surface area contributed by atoms with Crippen molar-refractivity contribution in [2.45, 2.75) is 64.4 Å². The maximum atomic E-state index is 13.9. The molecule has 0 N–H and O–H groups in total. The first-order chi connectivity index (χ1) is 17.2. The van der Waals surface area contributed by atoms with Gasteiger partial charge in [-0.3, -0.25) is 9.69 Å². The predicted molar refractivity (Wildman–Crippen MR) is 135 cm³/mol. The van der Waals surface area contributed by atoms with E-state index < -0.39 is 23.8 Å². The van der Waals surface area contributed by atoms with Crippen LogP contribution in [0.1, 0.15) is 44.7 Å². The largest absolute Gasteiger partial charge is 0.445 e. The molecular formula is C28H35N3O5. The highest BCUT2D eigenvalue weighted by atomic mass is 16.6. The zero-order valence-electron chi connectivity index (χ0n) is 21.3. The highest BCUT2D eigenvalue weighted by Gasteiger charge is 2.44. The van der Waals surface area contributed by atoms with Gasteiger partial charge in [0.2, 0.25) is 5.91 Å². The summed E-state index contributed by atoms with van der Waals surface area (Å²) in [5.74, 6) is -0.175. The van der Waals surface area contributed by atoms with Crippen molar-refractivity contribution in [3.8, 4) is 0 Å². The van der Waals surface area contributed by atoms with Gasteiger partial charge >= 0.3 is 12.2 Å². The van der Waals surface area contributed by atoms with E-state index in [1.807, 2.05) is 65.6 Å². The normalized spacial score (nSPS) is 17.9. The second-order valence-corrected chi connectivity index (χ2v) is 10.4. The Morgan fingerprint density at radius 3 is 2.08 bits per heavy atom. The van der Waals surface area contributed by atoms with Crippen LogP contribution < -0.4 is 0 Å². The lowest BCUT2D eigenvalue weighted by Crippen LogP contribution is -2.62. The number of rotatable bonds is 6. The molecule has 4 rings (SSSR count). The summed E-state index contributed by atoms with van der Waals surface area (Å²) in [6.07, 6.45) is 0.814. The van der Waals surface area contributed by atoms with Gasteiger partial charge in [0, 0.05) is 25.7 Å². The second-order valence-electron chi connectivity index (χ2n) is 10.4. The van der Waals surface area contributed by atoms with Gasteiger partial charge in [-0.05, 0) is 44.7 Å². The van der Waals surface area contributed by atoms with Gasteiger partial charge in [0.05, 0.1) is 6.54 Å². The van der Waals surface area contributed by atoms with Crippen molar-refractivity contribution in [2.75, 3.05) is 19.6 Å². The Morgan fingerprint density at radius 1 is 0.889 bits per heavy atom. The van der Waals surface area contributed by atoms with Crippen LogP contribution in [0.4, 0.5) is 9.59 Å². The average molecular weight is 494 g/mol. The van der Waals surface area contributed by atoms with Crippen LogP contribution in [0.25, 0.3) is 0 Å². The first kappa shape index (κ1) is 25.5. The van der Waals surface area contributed by atoms with Gasteiger partial charge in [-0.15, -0.1) is 0 Å². The number of ether oxygens (including phenoxy) is 2. The Balaban J connectivity index is 1.52. The summed E-state index contributed by atoms with van der Waals surface area (Å²) in [5.41, 5.74) is 1.23. The molecule has 1 saturated carbocycles. The van der Waals surface area contributed by atoms with E-state index in [4.69, 9.17) is 9.47 Å². The highest BCUT2D eigenvalue weighted by molar-refractivity contribution is 5.87. The predicted octanol–water partition coefficient (Wildman–Crippen LogP) is 4.44. The molecule has 2 aliphatic rings. The molecule has 2 aromatic rings. The van der Waals surface area contributed by atoms with Crippen molar-refractivity contribution in [1.82, 2.24) is 14.7 Å². The van der Waals surface area contributed by atoms with Crippen LogP contribution in [-0.2, 0) is 27.4 Å². The van der Waals surface area contributed by atoms with Crippen LogP contribution >= 0.6 is 0 Å².